The number of fused-ring (bicyclic) bond motifs is 2. The molecule has 0 atom stereocenters. The van der Waals surface area contributed by atoms with Crippen LogP contribution in [0, 0.1) is 0 Å². The maximum Gasteiger partial charge on any atom is 0.154 e. The minimum absolute atomic E-state index is 0.708. The highest BCUT2D eigenvalue weighted by Crippen LogP contribution is 2.42. The van der Waals surface area contributed by atoms with Crippen LogP contribution in [0.4, 0.5) is 11.4 Å². The largest absolute Gasteiger partial charge is 0.465 e. The van der Waals surface area contributed by atoms with Gasteiger partial charge in [0.2, 0.25) is 0 Å². The second-order valence-corrected chi connectivity index (χ2v) is 3.67. The molecule has 0 fully saturated rings. The van der Waals surface area contributed by atoms with Gasteiger partial charge >= 0.3 is 0 Å². The average Bonchev–Trinajstić information content (AvgIpc) is 2.36. The van der Waals surface area contributed by atoms with Gasteiger partial charge in [0.15, 0.2) is 11.5 Å². The van der Waals surface area contributed by atoms with Crippen molar-refractivity contribution in [3.63, 3.8) is 0 Å². The summed E-state index contributed by atoms with van der Waals surface area (Å²) in [4.78, 5) is 0. The summed E-state index contributed by atoms with van der Waals surface area (Å²) in [5.41, 5.74) is 1.90. The highest BCUT2D eigenvalue weighted by Gasteiger charge is 2.15. The van der Waals surface area contributed by atoms with Crippen LogP contribution >= 0.6 is 0 Å². The normalized spacial score (nSPS) is 11.5. The van der Waals surface area contributed by atoms with Crippen molar-refractivity contribution < 1.29 is 9.47 Å². The van der Waals surface area contributed by atoms with E-state index >= 15 is 0 Å². The zero-order chi connectivity index (χ0) is 11.7. The highest BCUT2D eigenvalue weighted by atomic mass is 16.5. The number of hydrogen-bond donors (Lipinski definition) is 1. The Hall–Kier alpha value is -2.42. The van der Waals surface area contributed by atoms with Crippen molar-refractivity contribution in [3.05, 3.63) is 55.3 Å². The van der Waals surface area contributed by atoms with Crippen LogP contribution in [-0.2, 0) is 0 Å². The predicted octanol–water partition coefficient (Wildman–Crippen LogP) is 4.06. The predicted molar refractivity (Wildman–Crippen MR) is 67.1 cm³/mol. The Balaban J connectivity index is 2.00. The van der Waals surface area contributed by atoms with Crippen LogP contribution in [0.2, 0.25) is 0 Å². The molecule has 2 aromatic rings. The quantitative estimate of drug-likeness (QED) is 0.667. The fraction of sp³-hybridized carbons (Fsp3) is 0. The maximum atomic E-state index is 5.79. The SMILES string of the molecule is C=COc1ccc2c(c1)Oc1ccccc1N2. The van der Waals surface area contributed by atoms with Crippen LogP contribution in [0.1, 0.15) is 0 Å². The molecule has 0 saturated heterocycles. The molecule has 1 aliphatic heterocycles. The first-order valence-electron chi connectivity index (χ1n) is 5.32. The number of hydrogen-bond acceptors (Lipinski definition) is 3. The van der Waals surface area contributed by atoms with Gasteiger partial charge in [0, 0.05) is 6.07 Å². The topological polar surface area (TPSA) is 30.5 Å². The monoisotopic (exact) mass is 225 g/mol. The molecule has 1 N–H and O–H groups in total. The second-order valence-electron chi connectivity index (χ2n) is 3.67. The summed E-state index contributed by atoms with van der Waals surface area (Å²) in [6, 6.07) is 13.4. The maximum absolute atomic E-state index is 5.79. The first-order valence-corrected chi connectivity index (χ1v) is 5.32. The van der Waals surface area contributed by atoms with E-state index in [4.69, 9.17) is 9.47 Å². The van der Waals surface area contributed by atoms with E-state index in [-0.39, 0.29) is 0 Å². The van der Waals surface area contributed by atoms with E-state index in [1.54, 1.807) is 0 Å². The Bertz CT molecular complexity index is 578. The van der Waals surface area contributed by atoms with Crippen LogP contribution in [0.25, 0.3) is 0 Å². The number of benzene rings is 2. The van der Waals surface area contributed by atoms with Crippen molar-refractivity contribution in [1.82, 2.24) is 0 Å². The number of para-hydroxylation sites is 2. The zero-order valence-electron chi connectivity index (χ0n) is 9.14. The Morgan fingerprint density at radius 1 is 1.06 bits per heavy atom. The molecule has 3 nitrogen and oxygen atoms in total. The van der Waals surface area contributed by atoms with Gasteiger partial charge in [0.1, 0.15) is 5.75 Å². The molecular weight excluding hydrogens is 214 g/mol. The molecule has 0 spiro atoms. The molecule has 84 valence electrons. The molecule has 0 aliphatic carbocycles. The highest BCUT2D eigenvalue weighted by molar-refractivity contribution is 5.75. The molecule has 2 aromatic carbocycles. The summed E-state index contributed by atoms with van der Waals surface area (Å²) in [6.45, 7) is 3.53. The Kier molecular flexibility index (Phi) is 2.22. The van der Waals surface area contributed by atoms with Gasteiger partial charge in [-0.25, -0.2) is 0 Å². The van der Waals surface area contributed by atoms with E-state index in [9.17, 15) is 0 Å². The summed E-state index contributed by atoms with van der Waals surface area (Å²) >= 11 is 0. The van der Waals surface area contributed by atoms with Crippen molar-refractivity contribution in [2.24, 2.45) is 0 Å². The summed E-state index contributed by atoms with van der Waals surface area (Å²) in [6.07, 6.45) is 1.39. The third kappa shape index (κ3) is 1.72. The summed E-state index contributed by atoms with van der Waals surface area (Å²) in [5, 5.41) is 3.30. The molecule has 0 bridgehead atoms. The first-order chi connectivity index (χ1) is 8.36. The van der Waals surface area contributed by atoms with Crippen LogP contribution in [0.3, 0.4) is 0 Å². The molecule has 0 amide bonds. The zero-order valence-corrected chi connectivity index (χ0v) is 9.14. The van der Waals surface area contributed by atoms with Gasteiger partial charge in [-0.3, -0.25) is 0 Å². The second kappa shape index (κ2) is 3.87. The Labute approximate surface area is 99.3 Å². The number of anilines is 2. The van der Waals surface area contributed by atoms with E-state index in [0.29, 0.717) is 5.75 Å². The average molecular weight is 225 g/mol. The minimum atomic E-state index is 0.708. The molecular formula is C14H11NO2. The summed E-state index contributed by atoms with van der Waals surface area (Å²) < 4.78 is 11.0. The van der Waals surface area contributed by atoms with Crippen molar-refractivity contribution in [2.75, 3.05) is 5.32 Å². The lowest BCUT2D eigenvalue weighted by Gasteiger charge is -2.21. The van der Waals surface area contributed by atoms with Gasteiger partial charge in [-0.15, -0.1) is 0 Å². The molecule has 0 radical (unpaired) electrons. The molecule has 17 heavy (non-hydrogen) atoms. The molecule has 0 aromatic heterocycles. The van der Waals surface area contributed by atoms with Crippen molar-refractivity contribution in [2.45, 2.75) is 0 Å². The van der Waals surface area contributed by atoms with Gasteiger partial charge in [0.25, 0.3) is 0 Å². The lowest BCUT2D eigenvalue weighted by atomic mass is 10.2. The van der Waals surface area contributed by atoms with Crippen molar-refractivity contribution in [1.29, 1.82) is 0 Å². The van der Waals surface area contributed by atoms with E-state index in [2.05, 4.69) is 11.9 Å². The van der Waals surface area contributed by atoms with Gasteiger partial charge in [-0.1, -0.05) is 18.7 Å². The van der Waals surface area contributed by atoms with Gasteiger partial charge in [-0.2, -0.15) is 0 Å². The minimum Gasteiger partial charge on any atom is -0.465 e. The standard InChI is InChI=1S/C14H11NO2/c1-2-16-10-7-8-12-14(9-10)17-13-6-4-3-5-11(13)15-12/h2-9,15H,1H2. The lowest BCUT2D eigenvalue weighted by molar-refractivity contribution is 0.460. The third-order valence-electron chi connectivity index (χ3n) is 2.55. The molecule has 1 aliphatic rings. The Morgan fingerprint density at radius 2 is 1.88 bits per heavy atom. The third-order valence-corrected chi connectivity index (χ3v) is 2.55. The van der Waals surface area contributed by atoms with Crippen LogP contribution < -0.4 is 14.8 Å². The van der Waals surface area contributed by atoms with Crippen LogP contribution in [-0.4, -0.2) is 0 Å². The lowest BCUT2D eigenvalue weighted by Crippen LogP contribution is -2.02. The smallest absolute Gasteiger partial charge is 0.154 e. The van der Waals surface area contributed by atoms with Gasteiger partial charge in [-0.05, 0) is 24.3 Å². The summed E-state index contributed by atoms with van der Waals surface area (Å²) in [5.74, 6) is 2.28. The van der Waals surface area contributed by atoms with Crippen molar-refractivity contribution >= 4 is 11.4 Å². The molecule has 1 heterocycles. The Morgan fingerprint density at radius 3 is 2.76 bits per heavy atom. The van der Waals surface area contributed by atoms with E-state index in [0.717, 1.165) is 22.9 Å². The van der Waals surface area contributed by atoms with Crippen LogP contribution in [0.5, 0.6) is 17.2 Å². The molecule has 3 rings (SSSR count). The van der Waals surface area contributed by atoms with E-state index < -0.39 is 0 Å². The summed E-state index contributed by atoms with van der Waals surface area (Å²) in [7, 11) is 0. The number of rotatable bonds is 2. The molecule has 0 unspecified atom stereocenters. The fourth-order valence-corrected chi connectivity index (χ4v) is 1.78. The van der Waals surface area contributed by atoms with Crippen LogP contribution in [0.15, 0.2) is 55.3 Å². The molecule has 3 heteroatoms. The van der Waals surface area contributed by atoms with Crippen molar-refractivity contribution in [3.8, 4) is 17.2 Å². The van der Waals surface area contributed by atoms with Gasteiger partial charge in [0.05, 0.1) is 17.6 Å². The van der Waals surface area contributed by atoms with Gasteiger partial charge < -0.3 is 14.8 Å². The fourth-order valence-electron chi connectivity index (χ4n) is 1.78. The van der Waals surface area contributed by atoms with E-state index in [1.807, 2.05) is 42.5 Å². The number of ether oxygens (including phenoxy) is 2. The van der Waals surface area contributed by atoms with E-state index in [1.165, 1.54) is 6.26 Å². The number of nitrogens with one attached hydrogen (secondary N) is 1. The molecule has 0 saturated carbocycles. The first kappa shape index (κ1) is 9.78.